The van der Waals surface area contributed by atoms with E-state index in [1.165, 1.54) is 6.42 Å². The number of ether oxygens (including phenoxy) is 2. The van der Waals surface area contributed by atoms with Gasteiger partial charge in [0.05, 0.1) is 14.2 Å². The molecule has 1 saturated carbocycles. The molecule has 24 heavy (non-hydrogen) atoms. The largest absolute Gasteiger partial charge is 0.497 e. The second kappa shape index (κ2) is 8.39. The summed E-state index contributed by atoms with van der Waals surface area (Å²) in [6.45, 7) is 2.14. The van der Waals surface area contributed by atoms with Gasteiger partial charge in [0.15, 0.2) is 0 Å². The van der Waals surface area contributed by atoms with Crippen LogP contribution in [0.15, 0.2) is 23.8 Å². The lowest BCUT2D eigenvalue weighted by Gasteiger charge is -2.29. The molecule has 5 nitrogen and oxygen atoms in total. The summed E-state index contributed by atoms with van der Waals surface area (Å²) in [5, 5.41) is 12.4. The normalized spacial score (nSPS) is 20.8. The highest BCUT2D eigenvalue weighted by molar-refractivity contribution is 6.02. The van der Waals surface area contributed by atoms with Crippen LogP contribution < -0.4 is 14.8 Å². The van der Waals surface area contributed by atoms with Gasteiger partial charge in [-0.1, -0.05) is 19.8 Å². The van der Waals surface area contributed by atoms with Crippen molar-refractivity contribution in [1.82, 2.24) is 5.32 Å². The summed E-state index contributed by atoms with van der Waals surface area (Å²) in [4.78, 5) is 12.5. The van der Waals surface area contributed by atoms with E-state index in [-0.39, 0.29) is 17.5 Å². The van der Waals surface area contributed by atoms with Crippen LogP contribution in [0.1, 0.15) is 38.2 Å². The number of hydrogen-bond acceptors (Lipinski definition) is 4. The summed E-state index contributed by atoms with van der Waals surface area (Å²) < 4.78 is 10.5. The lowest BCUT2D eigenvalue weighted by Crippen LogP contribution is -2.41. The van der Waals surface area contributed by atoms with Crippen molar-refractivity contribution in [3.8, 4) is 17.6 Å². The maximum Gasteiger partial charge on any atom is 0.262 e. The summed E-state index contributed by atoms with van der Waals surface area (Å²) in [6.07, 6.45) is 5.94. The third-order valence-corrected chi connectivity index (χ3v) is 4.53. The van der Waals surface area contributed by atoms with E-state index in [1.54, 1.807) is 38.5 Å². The Balaban J connectivity index is 2.22. The Labute approximate surface area is 143 Å². The van der Waals surface area contributed by atoms with Crippen LogP contribution in [0.2, 0.25) is 0 Å². The van der Waals surface area contributed by atoms with Crippen molar-refractivity contribution in [2.24, 2.45) is 5.92 Å². The van der Waals surface area contributed by atoms with Crippen molar-refractivity contribution in [3.63, 3.8) is 0 Å². The molecule has 0 saturated heterocycles. The first kappa shape index (κ1) is 17.9. The Hall–Kier alpha value is -2.48. The molecule has 1 aliphatic rings. The average Bonchev–Trinajstić information content (AvgIpc) is 2.61. The van der Waals surface area contributed by atoms with Crippen LogP contribution in [0.4, 0.5) is 0 Å². The Morgan fingerprint density at radius 3 is 2.67 bits per heavy atom. The van der Waals surface area contributed by atoms with E-state index in [2.05, 4.69) is 12.2 Å². The van der Waals surface area contributed by atoms with E-state index in [1.807, 2.05) is 6.07 Å². The molecule has 0 aliphatic heterocycles. The van der Waals surface area contributed by atoms with Gasteiger partial charge >= 0.3 is 0 Å². The van der Waals surface area contributed by atoms with E-state index in [0.29, 0.717) is 23.0 Å². The van der Waals surface area contributed by atoms with E-state index >= 15 is 0 Å². The molecule has 1 aliphatic carbocycles. The molecular weight excluding hydrogens is 304 g/mol. The van der Waals surface area contributed by atoms with Crippen LogP contribution in [0, 0.1) is 17.2 Å². The maximum atomic E-state index is 12.5. The van der Waals surface area contributed by atoms with Crippen LogP contribution in [0.3, 0.4) is 0 Å². The highest BCUT2D eigenvalue weighted by Gasteiger charge is 2.24. The molecule has 0 radical (unpaired) electrons. The minimum atomic E-state index is -0.332. The summed E-state index contributed by atoms with van der Waals surface area (Å²) in [6, 6.07) is 7.39. The molecule has 0 heterocycles. The minimum Gasteiger partial charge on any atom is -0.497 e. The zero-order chi connectivity index (χ0) is 17.5. The zero-order valence-electron chi connectivity index (χ0n) is 14.5. The molecule has 1 aromatic carbocycles. The topological polar surface area (TPSA) is 71.3 Å². The molecular formula is C19H24N2O3. The first-order chi connectivity index (χ1) is 11.6. The van der Waals surface area contributed by atoms with E-state index < -0.39 is 0 Å². The van der Waals surface area contributed by atoms with Crippen LogP contribution in [0.25, 0.3) is 6.08 Å². The van der Waals surface area contributed by atoms with Crippen LogP contribution in [-0.2, 0) is 4.79 Å². The Bertz CT molecular complexity index is 661. The van der Waals surface area contributed by atoms with Crippen LogP contribution >= 0.6 is 0 Å². The van der Waals surface area contributed by atoms with Crippen molar-refractivity contribution in [1.29, 1.82) is 5.26 Å². The van der Waals surface area contributed by atoms with Crippen molar-refractivity contribution in [3.05, 3.63) is 29.3 Å². The molecule has 0 aromatic heterocycles. The van der Waals surface area contributed by atoms with Gasteiger partial charge in [0, 0.05) is 11.6 Å². The lowest BCUT2D eigenvalue weighted by molar-refractivity contribution is -0.118. The quantitative estimate of drug-likeness (QED) is 0.665. The number of nitrogens with zero attached hydrogens (tertiary/aromatic N) is 1. The number of benzene rings is 1. The number of hydrogen-bond donors (Lipinski definition) is 1. The minimum absolute atomic E-state index is 0.0688. The third-order valence-electron chi connectivity index (χ3n) is 4.53. The fourth-order valence-electron chi connectivity index (χ4n) is 3.03. The number of carbonyl (C=O) groups excluding carboxylic acids is 1. The molecule has 1 N–H and O–H groups in total. The smallest absolute Gasteiger partial charge is 0.262 e. The van der Waals surface area contributed by atoms with Crippen molar-refractivity contribution < 1.29 is 14.3 Å². The van der Waals surface area contributed by atoms with Crippen LogP contribution in [-0.4, -0.2) is 26.2 Å². The van der Waals surface area contributed by atoms with Crippen molar-refractivity contribution in [2.75, 3.05) is 14.2 Å². The van der Waals surface area contributed by atoms with Crippen LogP contribution in [0.5, 0.6) is 11.5 Å². The molecule has 1 amide bonds. The Morgan fingerprint density at radius 2 is 2.04 bits per heavy atom. The molecule has 0 bridgehead atoms. The van der Waals surface area contributed by atoms with Crippen molar-refractivity contribution in [2.45, 2.75) is 38.6 Å². The first-order valence-electron chi connectivity index (χ1n) is 8.23. The Morgan fingerprint density at radius 1 is 1.29 bits per heavy atom. The first-order valence-corrected chi connectivity index (χ1v) is 8.23. The monoisotopic (exact) mass is 328 g/mol. The van der Waals surface area contributed by atoms with Gasteiger partial charge in [-0.15, -0.1) is 0 Å². The number of nitrogens with one attached hydrogen (secondary N) is 1. The standard InChI is InChI=1S/C19H24N2O3/c1-13-6-4-5-7-17(13)21-19(22)15(12-20)10-14-11-16(23-2)8-9-18(14)24-3/h8-11,13,17H,4-7H2,1-3H3,(H,21,22)/b15-10+/t13-,17+/m1/s1. The second-order valence-electron chi connectivity index (χ2n) is 6.12. The fourth-order valence-corrected chi connectivity index (χ4v) is 3.03. The molecule has 2 rings (SSSR count). The molecule has 0 spiro atoms. The zero-order valence-corrected chi connectivity index (χ0v) is 14.5. The molecule has 5 heteroatoms. The molecule has 2 atom stereocenters. The number of methoxy groups -OCH3 is 2. The summed E-state index contributed by atoms with van der Waals surface area (Å²) in [7, 11) is 3.12. The molecule has 1 aromatic rings. The number of amides is 1. The lowest BCUT2D eigenvalue weighted by atomic mass is 9.86. The van der Waals surface area contributed by atoms with E-state index in [9.17, 15) is 10.1 Å². The van der Waals surface area contributed by atoms with Gasteiger partial charge in [-0.25, -0.2) is 0 Å². The predicted molar refractivity (Wildman–Crippen MR) is 92.7 cm³/mol. The Kier molecular flexibility index (Phi) is 6.25. The number of carbonyl (C=O) groups is 1. The summed E-state index contributed by atoms with van der Waals surface area (Å²) in [5.74, 6) is 1.33. The van der Waals surface area contributed by atoms with E-state index in [0.717, 1.165) is 19.3 Å². The SMILES string of the molecule is COc1ccc(OC)c(/C=C(\C#N)C(=O)N[C@H]2CCCC[C@H]2C)c1. The maximum absolute atomic E-state index is 12.5. The van der Waals surface area contributed by atoms with Gasteiger partial charge < -0.3 is 14.8 Å². The van der Waals surface area contributed by atoms with Crippen molar-refractivity contribution >= 4 is 12.0 Å². The average molecular weight is 328 g/mol. The predicted octanol–water partition coefficient (Wildman–Crippen LogP) is 3.31. The number of rotatable bonds is 5. The fraction of sp³-hybridized carbons (Fsp3) is 0.474. The third kappa shape index (κ3) is 4.29. The molecule has 1 fully saturated rings. The van der Waals surface area contributed by atoms with Gasteiger partial charge in [-0.3, -0.25) is 4.79 Å². The highest BCUT2D eigenvalue weighted by Crippen LogP contribution is 2.27. The van der Waals surface area contributed by atoms with Gasteiger partial charge in [-0.2, -0.15) is 5.26 Å². The van der Waals surface area contributed by atoms with Gasteiger partial charge in [0.2, 0.25) is 0 Å². The summed E-state index contributed by atoms with van der Waals surface area (Å²) >= 11 is 0. The van der Waals surface area contributed by atoms with Gasteiger partial charge in [-0.05, 0) is 43.0 Å². The highest BCUT2D eigenvalue weighted by atomic mass is 16.5. The van der Waals surface area contributed by atoms with Gasteiger partial charge in [0.1, 0.15) is 23.1 Å². The van der Waals surface area contributed by atoms with Gasteiger partial charge in [0.25, 0.3) is 5.91 Å². The second-order valence-corrected chi connectivity index (χ2v) is 6.12. The summed E-state index contributed by atoms with van der Waals surface area (Å²) in [5.41, 5.74) is 0.708. The molecule has 0 unspecified atom stereocenters. The molecule has 128 valence electrons. The number of nitriles is 1. The van der Waals surface area contributed by atoms with E-state index in [4.69, 9.17) is 9.47 Å².